The molecule has 0 saturated heterocycles. The fourth-order valence-corrected chi connectivity index (χ4v) is 1.61. The average molecular weight is 210 g/mol. The molecule has 0 radical (unpaired) electrons. The molecule has 1 aliphatic heterocycles. The van der Waals surface area contributed by atoms with Gasteiger partial charge in [-0.1, -0.05) is 6.07 Å². The summed E-state index contributed by atoms with van der Waals surface area (Å²) in [5.74, 6) is -0.101. The molecule has 3 nitrogen and oxygen atoms in total. The molecule has 0 spiro atoms. The number of fused-ring (bicyclic) bond motifs is 1. The van der Waals surface area contributed by atoms with Crippen molar-refractivity contribution < 1.29 is 13.5 Å². The van der Waals surface area contributed by atoms with Crippen molar-refractivity contribution >= 4 is 5.69 Å². The van der Waals surface area contributed by atoms with E-state index in [1.165, 1.54) is 12.1 Å². The van der Waals surface area contributed by atoms with E-state index in [1.54, 1.807) is 6.07 Å². The number of hydrogen-bond acceptors (Lipinski definition) is 3. The van der Waals surface area contributed by atoms with Gasteiger partial charge in [0, 0.05) is 18.3 Å². The number of nitrogens with one attached hydrogen (secondary N) is 1. The smallest absolute Gasteiger partial charge is 0.387 e. The Bertz CT molecular complexity index is 414. The lowest BCUT2D eigenvalue weighted by Crippen LogP contribution is -2.02. The molecule has 15 heavy (non-hydrogen) atoms. The van der Waals surface area contributed by atoms with Gasteiger partial charge in [0.15, 0.2) is 0 Å². The van der Waals surface area contributed by atoms with Crippen molar-refractivity contribution in [2.45, 2.75) is 12.5 Å². The van der Waals surface area contributed by atoms with E-state index in [4.69, 9.17) is 5.26 Å². The highest BCUT2D eigenvalue weighted by Crippen LogP contribution is 2.34. The Kier molecular flexibility index (Phi) is 2.42. The molecule has 1 aromatic rings. The summed E-state index contributed by atoms with van der Waals surface area (Å²) < 4.78 is 28.1. The van der Waals surface area contributed by atoms with Crippen molar-refractivity contribution in [1.29, 1.82) is 5.26 Å². The second-order valence-electron chi connectivity index (χ2n) is 3.19. The lowest BCUT2D eigenvalue weighted by atomic mass is 10.0. The molecule has 2 rings (SSSR count). The first-order valence-corrected chi connectivity index (χ1v) is 4.43. The van der Waals surface area contributed by atoms with Crippen molar-refractivity contribution in [3.8, 4) is 11.8 Å². The Hall–Kier alpha value is -1.83. The predicted molar refractivity (Wildman–Crippen MR) is 49.9 cm³/mol. The number of hydrogen-bond donors (Lipinski definition) is 1. The summed E-state index contributed by atoms with van der Waals surface area (Å²) in [4.78, 5) is 0. The molecule has 1 aliphatic rings. The van der Waals surface area contributed by atoms with E-state index >= 15 is 0 Å². The van der Waals surface area contributed by atoms with Crippen molar-refractivity contribution in [2.75, 3.05) is 11.9 Å². The zero-order chi connectivity index (χ0) is 10.8. The van der Waals surface area contributed by atoms with E-state index in [9.17, 15) is 8.78 Å². The van der Waals surface area contributed by atoms with Crippen LogP contribution in [0.15, 0.2) is 18.2 Å². The van der Waals surface area contributed by atoms with Crippen molar-refractivity contribution in [2.24, 2.45) is 0 Å². The number of nitrogens with zero attached hydrogens (tertiary/aromatic N) is 1. The predicted octanol–water partition coefficient (Wildman–Crippen LogP) is 2.32. The highest BCUT2D eigenvalue weighted by Gasteiger charge is 2.22. The molecule has 0 amide bonds. The van der Waals surface area contributed by atoms with Gasteiger partial charge in [-0.2, -0.15) is 14.0 Å². The van der Waals surface area contributed by atoms with Gasteiger partial charge in [-0.05, 0) is 11.6 Å². The summed E-state index contributed by atoms with van der Waals surface area (Å²) >= 11 is 0. The number of alkyl halides is 2. The van der Waals surface area contributed by atoms with Gasteiger partial charge in [-0.15, -0.1) is 0 Å². The number of ether oxygens (including phenoxy) is 1. The second kappa shape index (κ2) is 3.73. The van der Waals surface area contributed by atoms with Gasteiger partial charge < -0.3 is 10.1 Å². The van der Waals surface area contributed by atoms with Crippen LogP contribution in [-0.2, 0) is 0 Å². The summed E-state index contributed by atoms with van der Waals surface area (Å²) in [6.07, 6.45) is 0. The van der Waals surface area contributed by atoms with E-state index in [0.717, 1.165) is 5.56 Å². The monoisotopic (exact) mass is 210 g/mol. The Morgan fingerprint density at radius 3 is 3.00 bits per heavy atom. The molecule has 0 fully saturated rings. The minimum absolute atomic E-state index is 0.106. The van der Waals surface area contributed by atoms with E-state index in [1.807, 2.05) is 0 Å². The summed E-state index contributed by atoms with van der Waals surface area (Å²) in [7, 11) is 0. The minimum atomic E-state index is -2.82. The van der Waals surface area contributed by atoms with E-state index < -0.39 is 6.61 Å². The zero-order valence-corrected chi connectivity index (χ0v) is 7.71. The maximum Gasteiger partial charge on any atom is 0.387 e. The van der Waals surface area contributed by atoms with Gasteiger partial charge in [0.25, 0.3) is 0 Å². The van der Waals surface area contributed by atoms with Crippen LogP contribution in [0.3, 0.4) is 0 Å². The Labute approximate surface area is 85.3 Å². The molecule has 5 heteroatoms. The Balaban J connectivity index is 2.26. The summed E-state index contributed by atoms with van der Waals surface area (Å²) in [5, 5.41) is 11.8. The third-order valence-electron chi connectivity index (χ3n) is 2.28. The lowest BCUT2D eigenvalue weighted by Gasteiger charge is -2.06. The molecule has 1 unspecified atom stereocenters. The van der Waals surface area contributed by atoms with Gasteiger partial charge in [0.2, 0.25) is 0 Å². The maximum atomic E-state index is 11.9. The maximum absolute atomic E-state index is 11.9. The standard InChI is InChI=1S/C10H8F2N2O/c11-10(12)15-7-1-2-8-6(4-13)5-14-9(8)3-7/h1-3,6,10,14H,5H2. The van der Waals surface area contributed by atoms with Crippen molar-refractivity contribution in [3.05, 3.63) is 23.8 Å². The van der Waals surface area contributed by atoms with Crippen LogP contribution in [0.2, 0.25) is 0 Å². The normalized spacial score (nSPS) is 18.1. The molecule has 1 heterocycles. The van der Waals surface area contributed by atoms with Crippen LogP contribution in [-0.4, -0.2) is 13.2 Å². The van der Waals surface area contributed by atoms with Crippen molar-refractivity contribution in [1.82, 2.24) is 0 Å². The minimum Gasteiger partial charge on any atom is -0.435 e. The van der Waals surface area contributed by atoms with Gasteiger partial charge in [-0.25, -0.2) is 0 Å². The molecule has 1 atom stereocenters. The van der Waals surface area contributed by atoms with Crippen LogP contribution >= 0.6 is 0 Å². The SMILES string of the molecule is N#CC1CNc2cc(OC(F)F)ccc21. The van der Waals surface area contributed by atoms with Crippen LogP contribution < -0.4 is 10.1 Å². The second-order valence-corrected chi connectivity index (χ2v) is 3.19. The summed E-state index contributed by atoms with van der Waals surface area (Å²) in [5.41, 5.74) is 1.53. The molecule has 0 aromatic heterocycles. The van der Waals surface area contributed by atoms with Crippen LogP contribution in [0.1, 0.15) is 11.5 Å². The van der Waals surface area contributed by atoms with Gasteiger partial charge in [-0.3, -0.25) is 0 Å². The van der Waals surface area contributed by atoms with Crippen LogP contribution in [0.4, 0.5) is 14.5 Å². The van der Waals surface area contributed by atoms with E-state index in [2.05, 4.69) is 16.1 Å². The highest BCUT2D eigenvalue weighted by molar-refractivity contribution is 5.62. The number of nitriles is 1. The van der Waals surface area contributed by atoms with Gasteiger partial charge in [0.05, 0.1) is 12.0 Å². The molecule has 0 aliphatic carbocycles. The Morgan fingerprint density at radius 2 is 2.33 bits per heavy atom. The number of rotatable bonds is 2. The molecule has 0 bridgehead atoms. The van der Waals surface area contributed by atoms with Crippen LogP contribution in [0.25, 0.3) is 0 Å². The molecule has 1 N–H and O–H groups in total. The number of halogens is 2. The molecular weight excluding hydrogens is 202 g/mol. The van der Waals surface area contributed by atoms with Gasteiger partial charge >= 0.3 is 6.61 Å². The summed E-state index contributed by atoms with van der Waals surface area (Å²) in [6, 6.07) is 6.70. The molecule has 1 aromatic carbocycles. The Morgan fingerprint density at radius 1 is 1.53 bits per heavy atom. The lowest BCUT2D eigenvalue weighted by molar-refractivity contribution is -0.0498. The van der Waals surface area contributed by atoms with Crippen LogP contribution in [0, 0.1) is 11.3 Å². The molecule has 0 saturated carbocycles. The van der Waals surface area contributed by atoms with Crippen LogP contribution in [0.5, 0.6) is 5.75 Å². The number of benzene rings is 1. The quantitative estimate of drug-likeness (QED) is 0.814. The highest BCUT2D eigenvalue weighted by atomic mass is 19.3. The number of anilines is 1. The zero-order valence-electron chi connectivity index (χ0n) is 7.71. The molecular formula is C10H8F2N2O. The molecule has 78 valence electrons. The van der Waals surface area contributed by atoms with E-state index in [-0.39, 0.29) is 11.7 Å². The fourth-order valence-electron chi connectivity index (χ4n) is 1.61. The first kappa shape index (κ1) is 9.71. The first-order chi connectivity index (χ1) is 7.20. The van der Waals surface area contributed by atoms with E-state index in [0.29, 0.717) is 12.2 Å². The first-order valence-electron chi connectivity index (χ1n) is 4.43. The van der Waals surface area contributed by atoms with Gasteiger partial charge in [0.1, 0.15) is 5.75 Å². The third-order valence-corrected chi connectivity index (χ3v) is 2.28. The largest absolute Gasteiger partial charge is 0.435 e. The average Bonchev–Trinajstić information content (AvgIpc) is 2.58. The van der Waals surface area contributed by atoms with Crippen molar-refractivity contribution in [3.63, 3.8) is 0 Å². The summed E-state index contributed by atoms with van der Waals surface area (Å²) in [6.45, 7) is -2.31. The topological polar surface area (TPSA) is 45.0 Å². The fraction of sp³-hybridized carbons (Fsp3) is 0.300. The third kappa shape index (κ3) is 1.84.